The molecule has 34 heavy (non-hydrogen) atoms. The third-order valence-corrected chi connectivity index (χ3v) is 5.40. The molecule has 0 bridgehead atoms. The first-order valence-corrected chi connectivity index (χ1v) is 11.2. The molecule has 0 fully saturated rings. The minimum absolute atomic E-state index is 0.0123. The summed E-state index contributed by atoms with van der Waals surface area (Å²) in [5.74, 6) is -1.03. The summed E-state index contributed by atoms with van der Waals surface area (Å²) in [6.45, 7) is 0.0289. The Labute approximate surface area is 199 Å². The van der Waals surface area contributed by atoms with Gasteiger partial charge in [-0.1, -0.05) is 30.3 Å². The van der Waals surface area contributed by atoms with E-state index in [1.54, 1.807) is 48.5 Å². The van der Waals surface area contributed by atoms with Gasteiger partial charge in [-0.25, -0.2) is 9.78 Å². The molecule has 11 heteroatoms. The number of carboxylic acid groups (broad SMARTS) is 1. The van der Waals surface area contributed by atoms with Gasteiger partial charge in [-0.3, -0.25) is 9.59 Å². The van der Waals surface area contributed by atoms with E-state index in [9.17, 15) is 24.6 Å². The fourth-order valence-electron chi connectivity index (χ4n) is 3.00. The molecule has 0 radical (unpaired) electrons. The lowest BCUT2D eigenvalue weighted by molar-refractivity contribution is -0.112. The zero-order valence-corrected chi connectivity index (χ0v) is 18.9. The van der Waals surface area contributed by atoms with E-state index in [1.165, 1.54) is 5.38 Å². The van der Waals surface area contributed by atoms with Crippen molar-refractivity contribution in [2.24, 2.45) is 0 Å². The Hall–Kier alpha value is -3.96. The lowest BCUT2D eigenvalue weighted by Crippen LogP contribution is -2.40. The maximum Gasteiger partial charge on any atom is 0.407 e. The normalized spacial score (nSPS) is 11.4. The van der Waals surface area contributed by atoms with Gasteiger partial charge in [0.05, 0.1) is 6.54 Å². The Morgan fingerprint density at radius 3 is 2.44 bits per heavy atom. The zero-order chi connectivity index (χ0) is 24.5. The Bertz CT molecular complexity index is 1120. The Kier molecular flexibility index (Phi) is 8.54. The van der Waals surface area contributed by atoms with Gasteiger partial charge in [0.2, 0.25) is 0 Å². The summed E-state index contributed by atoms with van der Waals surface area (Å²) < 4.78 is 5.46. The summed E-state index contributed by atoms with van der Waals surface area (Å²) in [7, 11) is 0. The number of thiazole rings is 1. The number of hydrogen-bond acceptors (Lipinski definition) is 8. The monoisotopic (exact) mass is 484 g/mol. The van der Waals surface area contributed by atoms with Gasteiger partial charge in [0.1, 0.15) is 24.2 Å². The Balaban J connectivity index is 1.47. The van der Waals surface area contributed by atoms with E-state index in [0.29, 0.717) is 17.9 Å². The van der Waals surface area contributed by atoms with Crippen molar-refractivity contribution in [1.82, 2.24) is 9.88 Å². The highest BCUT2D eigenvalue weighted by Gasteiger charge is 2.20. The number of aliphatic hydroxyl groups excluding tert-OH is 1. The van der Waals surface area contributed by atoms with Crippen LogP contribution in [0.2, 0.25) is 0 Å². The summed E-state index contributed by atoms with van der Waals surface area (Å²) in [5, 5.41) is 23.7. The van der Waals surface area contributed by atoms with Crippen LogP contribution in [0.3, 0.4) is 0 Å². The van der Waals surface area contributed by atoms with Crippen molar-refractivity contribution >= 4 is 39.9 Å². The van der Waals surface area contributed by atoms with Gasteiger partial charge in [0.15, 0.2) is 5.13 Å². The SMILES string of the molecule is Nc1nc(C(=O)C(=O)Nc2ccc(CCN(C[C@H](O)COc3ccccc3)C(=O)O)cc2)cs1. The topological polar surface area (TPSA) is 155 Å². The van der Waals surface area contributed by atoms with Crippen LogP contribution < -0.4 is 15.8 Å². The smallest absolute Gasteiger partial charge is 0.407 e. The second-order valence-corrected chi connectivity index (χ2v) is 8.20. The number of aliphatic hydroxyl groups is 1. The van der Waals surface area contributed by atoms with Gasteiger partial charge in [-0.15, -0.1) is 11.3 Å². The fraction of sp³-hybridized carbons (Fsp3) is 0.217. The second kappa shape index (κ2) is 11.8. The molecule has 0 aliphatic heterocycles. The van der Waals surface area contributed by atoms with Gasteiger partial charge < -0.3 is 30.9 Å². The maximum absolute atomic E-state index is 12.1. The van der Waals surface area contributed by atoms with E-state index in [2.05, 4.69) is 10.3 Å². The third kappa shape index (κ3) is 7.29. The molecule has 0 saturated carbocycles. The number of anilines is 2. The van der Waals surface area contributed by atoms with Gasteiger partial charge in [-0.05, 0) is 36.2 Å². The van der Waals surface area contributed by atoms with E-state index in [-0.39, 0.29) is 30.5 Å². The lowest BCUT2D eigenvalue weighted by atomic mass is 10.1. The standard InChI is InChI=1S/C23H24N4O6S/c24-22-26-19(14-34-22)20(29)21(30)25-16-8-6-15(7-9-16)10-11-27(23(31)32)12-17(28)13-33-18-4-2-1-3-5-18/h1-9,14,17,28H,10-13H2,(H2,24,26)(H,25,30)(H,31,32)/t17-/m0/s1. The second-order valence-electron chi connectivity index (χ2n) is 7.31. The van der Waals surface area contributed by atoms with E-state index in [4.69, 9.17) is 10.5 Å². The van der Waals surface area contributed by atoms with E-state index >= 15 is 0 Å². The molecule has 2 aromatic carbocycles. The number of Topliss-reactive ketones (excluding diaryl/α,β-unsaturated/α-hetero) is 1. The number of nitrogens with zero attached hydrogens (tertiary/aromatic N) is 2. The third-order valence-electron chi connectivity index (χ3n) is 4.73. The molecule has 3 aromatic rings. The van der Waals surface area contributed by atoms with Gasteiger partial charge in [0, 0.05) is 17.6 Å². The predicted octanol–water partition coefficient (Wildman–Crippen LogP) is 2.51. The van der Waals surface area contributed by atoms with Crippen LogP contribution in [0.4, 0.5) is 15.6 Å². The minimum Gasteiger partial charge on any atom is -0.491 e. The van der Waals surface area contributed by atoms with Crippen LogP contribution in [0.5, 0.6) is 5.75 Å². The molecule has 1 atom stereocenters. The molecule has 178 valence electrons. The van der Waals surface area contributed by atoms with Crippen LogP contribution in [0.15, 0.2) is 60.0 Å². The van der Waals surface area contributed by atoms with Crippen LogP contribution in [0, 0.1) is 0 Å². The number of rotatable bonds is 11. The molecule has 1 heterocycles. The number of carbonyl (C=O) groups is 3. The summed E-state index contributed by atoms with van der Waals surface area (Å²) in [4.78, 5) is 40.7. The molecule has 0 aliphatic rings. The number of benzene rings is 2. The highest BCUT2D eigenvalue weighted by molar-refractivity contribution is 7.13. The number of amides is 2. The number of nitrogen functional groups attached to an aromatic ring is 1. The molecule has 5 N–H and O–H groups in total. The summed E-state index contributed by atoms with van der Waals surface area (Å²) in [5.41, 5.74) is 6.70. The summed E-state index contributed by atoms with van der Waals surface area (Å²) >= 11 is 1.07. The van der Waals surface area contributed by atoms with Crippen molar-refractivity contribution in [2.75, 3.05) is 30.7 Å². The molecule has 1 aromatic heterocycles. The number of aromatic nitrogens is 1. The number of para-hydroxylation sites is 1. The number of carbonyl (C=O) groups excluding carboxylic acids is 2. The summed E-state index contributed by atoms with van der Waals surface area (Å²) in [6.07, 6.45) is -1.74. The number of hydrogen-bond donors (Lipinski definition) is 4. The van der Waals surface area contributed by atoms with E-state index < -0.39 is 23.9 Å². The van der Waals surface area contributed by atoms with E-state index in [0.717, 1.165) is 21.8 Å². The zero-order valence-electron chi connectivity index (χ0n) is 18.1. The van der Waals surface area contributed by atoms with Gasteiger partial charge >= 0.3 is 6.09 Å². The number of ketones is 1. The number of nitrogens with one attached hydrogen (secondary N) is 1. The lowest BCUT2D eigenvalue weighted by Gasteiger charge is -2.22. The van der Waals surface area contributed by atoms with E-state index in [1.807, 2.05) is 6.07 Å². The van der Waals surface area contributed by atoms with Crippen LogP contribution in [-0.2, 0) is 11.2 Å². The van der Waals surface area contributed by atoms with Crippen LogP contribution >= 0.6 is 11.3 Å². The first kappa shape index (κ1) is 24.7. The molecule has 0 aliphatic carbocycles. The first-order valence-electron chi connectivity index (χ1n) is 10.3. The number of nitrogens with two attached hydrogens (primary N) is 1. The molecule has 2 amide bonds. The molecule has 10 nitrogen and oxygen atoms in total. The molecule has 0 saturated heterocycles. The summed E-state index contributed by atoms with van der Waals surface area (Å²) in [6, 6.07) is 15.6. The fourth-order valence-corrected chi connectivity index (χ4v) is 3.54. The largest absolute Gasteiger partial charge is 0.491 e. The van der Waals surface area contributed by atoms with Crippen molar-refractivity contribution < 1.29 is 29.3 Å². The highest BCUT2D eigenvalue weighted by atomic mass is 32.1. The molecular weight excluding hydrogens is 460 g/mol. The van der Waals surface area contributed by atoms with Crippen LogP contribution in [-0.4, -0.2) is 63.7 Å². The number of ether oxygens (including phenoxy) is 1. The van der Waals surface area contributed by atoms with Crippen molar-refractivity contribution in [3.05, 3.63) is 71.2 Å². The predicted molar refractivity (Wildman–Crippen MR) is 127 cm³/mol. The van der Waals surface area contributed by atoms with Gasteiger partial charge in [0.25, 0.3) is 11.7 Å². The van der Waals surface area contributed by atoms with Gasteiger partial charge in [-0.2, -0.15) is 0 Å². The quantitative estimate of drug-likeness (QED) is 0.239. The molecule has 3 rings (SSSR count). The average molecular weight is 485 g/mol. The Morgan fingerprint density at radius 2 is 1.82 bits per heavy atom. The molecule has 0 unspecified atom stereocenters. The average Bonchev–Trinajstić information content (AvgIpc) is 3.27. The van der Waals surface area contributed by atoms with Crippen molar-refractivity contribution in [3.8, 4) is 5.75 Å². The first-order chi connectivity index (χ1) is 16.3. The Morgan fingerprint density at radius 1 is 1.12 bits per heavy atom. The van der Waals surface area contributed by atoms with Crippen molar-refractivity contribution in [1.29, 1.82) is 0 Å². The van der Waals surface area contributed by atoms with Crippen LogP contribution in [0.1, 0.15) is 16.1 Å². The maximum atomic E-state index is 12.1. The van der Waals surface area contributed by atoms with Crippen molar-refractivity contribution in [3.63, 3.8) is 0 Å². The van der Waals surface area contributed by atoms with Crippen LogP contribution in [0.25, 0.3) is 0 Å². The molecular formula is C23H24N4O6S. The minimum atomic E-state index is -1.15. The molecule has 0 spiro atoms. The highest BCUT2D eigenvalue weighted by Crippen LogP contribution is 2.15. The van der Waals surface area contributed by atoms with Crippen molar-refractivity contribution in [2.45, 2.75) is 12.5 Å².